The van der Waals surface area contributed by atoms with Gasteiger partial charge in [0.15, 0.2) is 5.78 Å². The van der Waals surface area contributed by atoms with Gasteiger partial charge < -0.3 is 4.74 Å². The van der Waals surface area contributed by atoms with Gasteiger partial charge in [-0.15, -0.1) is 0 Å². The van der Waals surface area contributed by atoms with Gasteiger partial charge in [0.05, 0.1) is 0 Å². The molecule has 1 heterocycles. The number of Topliss-reactive ketones (excluding diaryl/α,β-unsaturated/α-hetero) is 1. The number of ether oxygens (including phenoxy) is 1. The summed E-state index contributed by atoms with van der Waals surface area (Å²) in [4.78, 5) is 26.8. The number of carbonyl (C=O) groups is 2. The van der Waals surface area contributed by atoms with E-state index in [0.717, 1.165) is 5.56 Å². The van der Waals surface area contributed by atoms with Gasteiger partial charge in [-0.2, -0.15) is 0 Å². The highest BCUT2D eigenvalue weighted by Crippen LogP contribution is 2.16. The summed E-state index contributed by atoms with van der Waals surface area (Å²) in [5.74, 6) is -0.0402. The van der Waals surface area contributed by atoms with Crippen LogP contribution in [0.15, 0.2) is 42.6 Å². The first-order valence-corrected chi connectivity index (χ1v) is 6.34. The van der Waals surface area contributed by atoms with Crippen molar-refractivity contribution < 1.29 is 14.3 Å². The van der Waals surface area contributed by atoms with E-state index in [1.807, 2.05) is 0 Å². The molecule has 0 fully saturated rings. The highest BCUT2D eigenvalue weighted by atomic mass is 35.5. The maximum Gasteiger partial charge on any atom is 0.308 e. The van der Waals surface area contributed by atoms with E-state index in [2.05, 4.69) is 4.98 Å². The Hall–Kier alpha value is -2.20. The molecular formula is C15H12ClNO3. The molecule has 1 aromatic heterocycles. The van der Waals surface area contributed by atoms with Crippen LogP contribution in [0.2, 0.25) is 5.15 Å². The number of rotatable bonds is 4. The second-order valence-corrected chi connectivity index (χ2v) is 4.60. The molecular weight excluding hydrogens is 278 g/mol. The summed E-state index contributed by atoms with van der Waals surface area (Å²) in [6.07, 6.45) is 1.65. The predicted octanol–water partition coefficient (Wildman–Crippen LogP) is 3.09. The lowest BCUT2D eigenvalue weighted by molar-refractivity contribution is -0.131. The van der Waals surface area contributed by atoms with E-state index in [-0.39, 0.29) is 12.2 Å². The van der Waals surface area contributed by atoms with Gasteiger partial charge in [0, 0.05) is 25.1 Å². The normalized spacial score (nSPS) is 10.1. The van der Waals surface area contributed by atoms with Crippen LogP contribution < -0.4 is 4.74 Å². The molecule has 0 radical (unpaired) electrons. The first-order valence-electron chi connectivity index (χ1n) is 5.97. The van der Waals surface area contributed by atoms with Gasteiger partial charge in [0.1, 0.15) is 10.9 Å². The number of benzene rings is 1. The predicted molar refractivity (Wildman–Crippen MR) is 75.0 cm³/mol. The molecule has 0 saturated carbocycles. The molecule has 4 nitrogen and oxygen atoms in total. The zero-order chi connectivity index (χ0) is 14.5. The van der Waals surface area contributed by atoms with Gasteiger partial charge in [0.25, 0.3) is 0 Å². The fraction of sp³-hybridized carbons (Fsp3) is 0.133. The third-order valence-electron chi connectivity index (χ3n) is 2.57. The molecule has 0 N–H and O–H groups in total. The van der Waals surface area contributed by atoms with Crippen LogP contribution in [-0.4, -0.2) is 16.7 Å². The van der Waals surface area contributed by atoms with Crippen LogP contribution in [0.4, 0.5) is 0 Å². The van der Waals surface area contributed by atoms with Crippen LogP contribution in [0.25, 0.3) is 0 Å². The molecule has 102 valence electrons. The van der Waals surface area contributed by atoms with Crippen LogP contribution in [0.5, 0.6) is 5.75 Å². The third kappa shape index (κ3) is 3.90. The third-order valence-corrected chi connectivity index (χ3v) is 2.80. The molecule has 0 spiro atoms. The topological polar surface area (TPSA) is 56.3 Å². The van der Waals surface area contributed by atoms with Gasteiger partial charge in [-0.1, -0.05) is 23.7 Å². The molecule has 2 rings (SSSR count). The molecule has 5 heteroatoms. The van der Waals surface area contributed by atoms with Crippen molar-refractivity contribution in [3.63, 3.8) is 0 Å². The maximum absolute atomic E-state index is 12.1. The molecule has 0 aliphatic rings. The smallest absolute Gasteiger partial charge is 0.308 e. The highest BCUT2D eigenvalue weighted by molar-refractivity contribution is 6.29. The zero-order valence-corrected chi connectivity index (χ0v) is 11.6. The van der Waals surface area contributed by atoms with Gasteiger partial charge in [-0.05, 0) is 29.8 Å². The fourth-order valence-corrected chi connectivity index (χ4v) is 1.82. The van der Waals surface area contributed by atoms with Crippen molar-refractivity contribution in [2.75, 3.05) is 0 Å². The molecule has 0 saturated heterocycles. The summed E-state index contributed by atoms with van der Waals surface area (Å²) in [5, 5.41) is 0.346. The zero-order valence-electron chi connectivity index (χ0n) is 10.8. The lowest BCUT2D eigenvalue weighted by Crippen LogP contribution is -2.05. The van der Waals surface area contributed by atoms with Crippen molar-refractivity contribution in [1.29, 1.82) is 0 Å². The Labute approximate surface area is 121 Å². The van der Waals surface area contributed by atoms with Gasteiger partial charge in [-0.3, -0.25) is 9.59 Å². The lowest BCUT2D eigenvalue weighted by atomic mass is 10.0. The van der Waals surface area contributed by atoms with E-state index in [1.54, 1.807) is 36.4 Å². The largest absolute Gasteiger partial charge is 0.427 e. The van der Waals surface area contributed by atoms with Crippen LogP contribution >= 0.6 is 11.6 Å². The van der Waals surface area contributed by atoms with Crippen molar-refractivity contribution in [1.82, 2.24) is 4.98 Å². The van der Waals surface area contributed by atoms with E-state index < -0.39 is 5.97 Å². The van der Waals surface area contributed by atoms with E-state index in [9.17, 15) is 9.59 Å². The van der Waals surface area contributed by atoms with Crippen LogP contribution in [-0.2, 0) is 11.2 Å². The van der Waals surface area contributed by atoms with Crippen molar-refractivity contribution in [3.8, 4) is 5.75 Å². The Bertz CT molecular complexity index is 638. The number of esters is 1. The number of hydrogen-bond donors (Lipinski definition) is 0. The van der Waals surface area contributed by atoms with Crippen molar-refractivity contribution >= 4 is 23.4 Å². The summed E-state index contributed by atoms with van der Waals surface area (Å²) in [5.41, 5.74) is 1.26. The Morgan fingerprint density at radius 2 is 2.05 bits per heavy atom. The Kier molecular flexibility index (Phi) is 4.48. The number of pyridine rings is 1. The summed E-state index contributed by atoms with van der Waals surface area (Å²) < 4.78 is 4.98. The first kappa shape index (κ1) is 14.2. The van der Waals surface area contributed by atoms with Crippen molar-refractivity contribution in [3.05, 3.63) is 58.9 Å². The number of carbonyl (C=O) groups excluding carboxylic acids is 2. The minimum atomic E-state index is -0.393. The quantitative estimate of drug-likeness (QED) is 0.376. The molecule has 0 aliphatic heterocycles. The molecule has 0 aliphatic carbocycles. The number of hydrogen-bond acceptors (Lipinski definition) is 4. The second kappa shape index (κ2) is 6.30. The van der Waals surface area contributed by atoms with Gasteiger partial charge in [-0.25, -0.2) is 4.98 Å². The maximum atomic E-state index is 12.1. The van der Waals surface area contributed by atoms with Crippen molar-refractivity contribution in [2.45, 2.75) is 13.3 Å². The van der Waals surface area contributed by atoms with E-state index in [4.69, 9.17) is 16.3 Å². The van der Waals surface area contributed by atoms with Crippen LogP contribution in [0.1, 0.15) is 22.8 Å². The number of ketones is 1. The molecule has 0 amide bonds. The molecule has 2 aromatic rings. The second-order valence-electron chi connectivity index (χ2n) is 4.21. The Balaban J connectivity index is 2.11. The Morgan fingerprint density at radius 1 is 1.25 bits per heavy atom. The first-order chi connectivity index (χ1) is 9.54. The summed E-state index contributed by atoms with van der Waals surface area (Å²) in [7, 11) is 0. The molecule has 20 heavy (non-hydrogen) atoms. The number of nitrogens with zero attached hydrogens (tertiary/aromatic N) is 1. The van der Waals surface area contributed by atoms with Gasteiger partial charge in [0.2, 0.25) is 0 Å². The summed E-state index contributed by atoms with van der Waals surface area (Å²) in [6.45, 7) is 1.33. The average Bonchev–Trinajstić information content (AvgIpc) is 2.39. The number of aromatic nitrogens is 1. The van der Waals surface area contributed by atoms with Gasteiger partial charge >= 0.3 is 5.97 Å². The minimum absolute atomic E-state index is 0.0749. The van der Waals surface area contributed by atoms with E-state index in [1.165, 1.54) is 13.1 Å². The SMILES string of the molecule is CC(=O)Oc1cccc(CC(=O)c2ccc(Cl)nc2)c1. The van der Waals surface area contributed by atoms with Crippen LogP contribution in [0, 0.1) is 0 Å². The average molecular weight is 290 g/mol. The standard InChI is InChI=1S/C15H12ClNO3/c1-10(18)20-13-4-2-3-11(7-13)8-14(19)12-5-6-15(16)17-9-12/h2-7,9H,8H2,1H3. The summed E-state index contributed by atoms with van der Waals surface area (Å²) >= 11 is 5.67. The summed E-state index contributed by atoms with van der Waals surface area (Å²) in [6, 6.07) is 10.1. The van der Waals surface area contributed by atoms with Crippen molar-refractivity contribution in [2.24, 2.45) is 0 Å². The monoisotopic (exact) mass is 289 g/mol. The number of halogens is 1. The van der Waals surface area contributed by atoms with E-state index >= 15 is 0 Å². The Morgan fingerprint density at radius 3 is 2.70 bits per heavy atom. The fourth-order valence-electron chi connectivity index (χ4n) is 1.71. The lowest BCUT2D eigenvalue weighted by Gasteiger charge is -2.05. The highest BCUT2D eigenvalue weighted by Gasteiger charge is 2.09. The molecule has 0 atom stereocenters. The minimum Gasteiger partial charge on any atom is -0.427 e. The van der Waals surface area contributed by atoms with E-state index in [0.29, 0.717) is 16.5 Å². The molecule has 0 unspecified atom stereocenters. The molecule has 1 aromatic carbocycles. The van der Waals surface area contributed by atoms with Crippen LogP contribution in [0.3, 0.4) is 0 Å². The molecule has 0 bridgehead atoms.